The number of halogens is 2. The van der Waals surface area contributed by atoms with E-state index in [4.69, 9.17) is 11.6 Å². The van der Waals surface area contributed by atoms with Crippen LogP contribution < -0.4 is 10.6 Å². The molecule has 35 heavy (non-hydrogen) atoms. The normalized spacial score (nSPS) is 25.6. The molecule has 8 nitrogen and oxygen atoms in total. The van der Waals surface area contributed by atoms with E-state index in [2.05, 4.69) is 20.7 Å². The molecule has 0 spiro atoms. The van der Waals surface area contributed by atoms with Crippen molar-refractivity contribution in [3.8, 4) is 0 Å². The van der Waals surface area contributed by atoms with Crippen molar-refractivity contribution in [3.63, 3.8) is 0 Å². The molecule has 0 aliphatic heterocycles. The number of anilines is 2. The Bertz CT molecular complexity index is 1260. The summed E-state index contributed by atoms with van der Waals surface area (Å²) in [5.41, 5.74) is 1.63. The quantitative estimate of drug-likeness (QED) is 0.465. The molecular weight excluding hydrogens is 471 g/mol. The summed E-state index contributed by atoms with van der Waals surface area (Å²) in [6.07, 6.45) is 4.72. The predicted octanol–water partition coefficient (Wildman–Crippen LogP) is 4.42. The van der Waals surface area contributed by atoms with Gasteiger partial charge in [-0.2, -0.15) is 5.10 Å². The van der Waals surface area contributed by atoms with Crippen molar-refractivity contribution in [3.05, 3.63) is 58.5 Å². The maximum atomic E-state index is 13.5. The van der Waals surface area contributed by atoms with Gasteiger partial charge in [-0.25, -0.2) is 9.37 Å². The maximum absolute atomic E-state index is 13.5. The van der Waals surface area contributed by atoms with Gasteiger partial charge < -0.3 is 20.3 Å². The first-order valence-electron chi connectivity index (χ1n) is 12.0. The van der Waals surface area contributed by atoms with E-state index < -0.39 is 11.4 Å². The van der Waals surface area contributed by atoms with Crippen LogP contribution in [0.4, 0.5) is 15.9 Å². The number of imidazole rings is 1. The first-order valence-corrected chi connectivity index (χ1v) is 12.3. The van der Waals surface area contributed by atoms with Crippen molar-refractivity contribution < 1.29 is 14.3 Å². The number of hydrogen-bond donors (Lipinski definition) is 3. The zero-order valence-corrected chi connectivity index (χ0v) is 20.8. The summed E-state index contributed by atoms with van der Waals surface area (Å²) in [7, 11) is 3.67. The largest absolute Gasteiger partial charge is 0.384 e. The number of fused-ring (bicyclic) bond motifs is 1. The number of rotatable bonds is 6. The number of nitrogens with one attached hydrogen (secondary N) is 2. The molecule has 1 amide bonds. The lowest BCUT2D eigenvalue weighted by molar-refractivity contribution is 0.0263. The number of carbonyl (C=O) groups excluding carboxylic acids is 1. The number of amides is 1. The topological polar surface area (TPSA) is 97.0 Å². The predicted molar refractivity (Wildman–Crippen MR) is 132 cm³/mol. The molecule has 2 heterocycles. The monoisotopic (exact) mass is 500 g/mol. The minimum Gasteiger partial charge on any atom is -0.384 e. The van der Waals surface area contributed by atoms with Crippen LogP contribution in [0, 0.1) is 17.7 Å². The number of hydrogen-bond acceptors (Lipinski definition) is 5. The third-order valence-electron chi connectivity index (χ3n) is 7.50. The van der Waals surface area contributed by atoms with Crippen molar-refractivity contribution in [2.24, 2.45) is 25.9 Å². The Morgan fingerprint density at radius 2 is 1.97 bits per heavy atom. The molecule has 1 aromatic carbocycles. The number of aromatic nitrogens is 4. The fourth-order valence-corrected chi connectivity index (χ4v) is 6.23. The van der Waals surface area contributed by atoms with Gasteiger partial charge >= 0.3 is 0 Å². The molecule has 10 heteroatoms. The molecule has 5 rings (SSSR count). The molecule has 2 fully saturated rings. The lowest BCUT2D eigenvalue weighted by Gasteiger charge is -2.24. The highest BCUT2D eigenvalue weighted by Gasteiger charge is 2.51. The van der Waals surface area contributed by atoms with Crippen LogP contribution in [0.5, 0.6) is 0 Å². The van der Waals surface area contributed by atoms with E-state index in [1.165, 1.54) is 18.2 Å². The molecule has 2 saturated carbocycles. The van der Waals surface area contributed by atoms with E-state index in [0.29, 0.717) is 36.1 Å². The average molecular weight is 501 g/mol. The molecule has 2 aromatic heterocycles. The molecule has 0 bridgehead atoms. The Labute approximate surface area is 208 Å². The van der Waals surface area contributed by atoms with Crippen LogP contribution in [0.15, 0.2) is 30.6 Å². The Hall–Kier alpha value is -2.91. The summed E-state index contributed by atoms with van der Waals surface area (Å²) in [6, 6.07) is 6.05. The van der Waals surface area contributed by atoms with Crippen LogP contribution >= 0.6 is 11.6 Å². The minimum atomic E-state index is -0.901. The first kappa shape index (κ1) is 23.8. The fourth-order valence-electron chi connectivity index (χ4n) is 6.05. The Balaban J connectivity index is 1.31. The molecule has 2 aliphatic carbocycles. The summed E-state index contributed by atoms with van der Waals surface area (Å²) in [5.74, 6) is 0.763. The van der Waals surface area contributed by atoms with E-state index in [-0.39, 0.29) is 16.8 Å². The summed E-state index contributed by atoms with van der Waals surface area (Å²) in [5, 5.41) is 22.0. The van der Waals surface area contributed by atoms with Gasteiger partial charge in [-0.1, -0.05) is 11.6 Å². The van der Waals surface area contributed by atoms with Crippen LogP contribution in [-0.2, 0) is 19.7 Å². The highest BCUT2D eigenvalue weighted by Crippen LogP contribution is 2.56. The second kappa shape index (κ2) is 8.95. The van der Waals surface area contributed by atoms with E-state index in [0.717, 1.165) is 36.6 Å². The number of aryl methyl sites for hydroxylation is 2. The van der Waals surface area contributed by atoms with Gasteiger partial charge in [0.05, 0.1) is 22.7 Å². The zero-order valence-electron chi connectivity index (χ0n) is 20.1. The Kier molecular flexibility index (Phi) is 6.09. The van der Waals surface area contributed by atoms with Gasteiger partial charge in [-0.05, 0) is 62.6 Å². The summed E-state index contributed by atoms with van der Waals surface area (Å²) >= 11 is 5.86. The second-order valence-corrected chi connectivity index (χ2v) is 10.3. The summed E-state index contributed by atoms with van der Waals surface area (Å²) in [4.78, 5) is 17.7. The Morgan fingerprint density at radius 3 is 2.63 bits per heavy atom. The van der Waals surface area contributed by atoms with Crippen molar-refractivity contribution in [2.45, 2.75) is 44.1 Å². The van der Waals surface area contributed by atoms with Gasteiger partial charge in [-0.3, -0.25) is 9.48 Å². The number of benzene rings is 1. The molecule has 2 atom stereocenters. The maximum Gasteiger partial charge on any atom is 0.274 e. The lowest BCUT2D eigenvalue weighted by atomic mass is 9.90. The molecule has 186 valence electrons. The summed E-state index contributed by atoms with van der Waals surface area (Å²) < 4.78 is 17.0. The van der Waals surface area contributed by atoms with Gasteiger partial charge in [0.15, 0.2) is 0 Å². The standard InChI is InChI=1S/C25H30ClFN6O2/c1-4-28-21-10-20(33(3)31-21)25(35)11-15-7-14(8-16(15)12-25)22-23(32(2)13-29-22)24(34)30-17-5-6-19(27)18(26)9-17/h5-6,9-10,13-16,35H,4,7-8,11-12H2,1-3H3,(H,28,31)(H,30,34). The van der Waals surface area contributed by atoms with Gasteiger partial charge in [-0.15, -0.1) is 0 Å². The molecular formula is C25H30ClFN6O2. The molecule has 0 saturated heterocycles. The summed E-state index contributed by atoms with van der Waals surface area (Å²) in [6.45, 7) is 2.79. The SMILES string of the molecule is CCNc1cc(C2(O)CC3CC(c4ncn(C)c4C(=O)Nc4ccc(F)c(Cl)c4)CC3C2)n(C)n1. The third-order valence-corrected chi connectivity index (χ3v) is 7.79. The first-order chi connectivity index (χ1) is 16.7. The highest BCUT2D eigenvalue weighted by molar-refractivity contribution is 6.31. The smallest absolute Gasteiger partial charge is 0.274 e. The van der Waals surface area contributed by atoms with E-state index >= 15 is 0 Å². The van der Waals surface area contributed by atoms with Crippen molar-refractivity contribution in [1.82, 2.24) is 19.3 Å². The molecule has 3 aromatic rings. The number of carbonyl (C=O) groups is 1. The van der Waals surface area contributed by atoms with Crippen LogP contribution in [0.25, 0.3) is 0 Å². The molecule has 0 radical (unpaired) electrons. The fraction of sp³-hybridized carbons (Fsp3) is 0.480. The molecule has 2 unspecified atom stereocenters. The van der Waals surface area contributed by atoms with Gasteiger partial charge in [0.2, 0.25) is 0 Å². The van der Waals surface area contributed by atoms with Crippen molar-refractivity contribution in [2.75, 3.05) is 17.2 Å². The van der Waals surface area contributed by atoms with Gasteiger partial charge in [0, 0.05) is 38.3 Å². The van der Waals surface area contributed by atoms with Crippen LogP contribution in [0.1, 0.15) is 60.4 Å². The molecule has 3 N–H and O–H groups in total. The zero-order chi connectivity index (χ0) is 24.9. The Morgan fingerprint density at radius 1 is 1.26 bits per heavy atom. The van der Waals surface area contributed by atoms with Gasteiger partial charge in [0.25, 0.3) is 5.91 Å². The van der Waals surface area contributed by atoms with E-state index in [1.807, 2.05) is 20.0 Å². The van der Waals surface area contributed by atoms with Crippen molar-refractivity contribution in [1.29, 1.82) is 0 Å². The van der Waals surface area contributed by atoms with E-state index in [9.17, 15) is 14.3 Å². The van der Waals surface area contributed by atoms with Crippen molar-refractivity contribution >= 4 is 29.0 Å². The van der Waals surface area contributed by atoms with Crippen LogP contribution in [-0.4, -0.2) is 36.9 Å². The van der Waals surface area contributed by atoms with Gasteiger partial charge in [0.1, 0.15) is 22.9 Å². The lowest BCUT2D eigenvalue weighted by Crippen LogP contribution is -2.26. The molecule has 2 aliphatic rings. The average Bonchev–Trinajstić information content (AvgIpc) is 3.53. The minimum absolute atomic E-state index is 0.0462. The van der Waals surface area contributed by atoms with Crippen LogP contribution in [0.3, 0.4) is 0 Å². The number of nitrogens with zero attached hydrogens (tertiary/aromatic N) is 4. The highest BCUT2D eigenvalue weighted by atomic mass is 35.5. The third kappa shape index (κ3) is 4.31. The van der Waals surface area contributed by atoms with Crippen LogP contribution in [0.2, 0.25) is 5.02 Å². The number of aliphatic hydroxyl groups is 1. The van der Waals surface area contributed by atoms with E-state index in [1.54, 1.807) is 22.6 Å². The second-order valence-electron chi connectivity index (χ2n) is 9.87.